The fourth-order valence-electron chi connectivity index (χ4n) is 3.49. The Balaban J connectivity index is 1.64. The van der Waals surface area contributed by atoms with Gasteiger partial charge in [-0.15, -0.1) is 0 Å². The second kappa shape index (κ2) is 9.20. The number of hydrogen-bond donors (Lipinski definition) is 2. The summed E-state index contributed by atoms with van der Waals surface area (Å²) in [6, 6.07) is 19.8. The summed E-state index contributed by atoms with van der Waals surface area (Å²) in [4.78, 5) is 31.5. The number of para-hydroxylation sites is 1. The zero-order valence-electron chi connectivity index (χ0n) is 17.2. The highest BCUT2D eigenvalue weighted by Gasteiger charge is 2.31. The first-order valence-electron chi connectivity index (χ1n) is 9.92. The minimum atomic E-state index is -1.23. The van der Waals surface area contributed by atoms with Crippen molar-refractivity contribution < 1.29 is 14.0 Å². The van der Waals surface area contributed by atoms with E-state index in [1.54, 1.807) is 67.7 Å². The number of amides is 3. The van der Waals surface area contributed by atoms with Crippen molar-refractivity contribution >= 4 is 34.9 Å². The van der Waals surface area contributed by atoms with Crippen molar-refractivity contribution in [2.75, 3.05) is 11.9 Å². The van der Waals surface area contributed by atoms with Gasteiger partial charge >= 0.3 is 6.03 Å². The van der Waals surface area contributed by atoms with Gasteiger partial charge in [0.05, 0.1) is 11.4 Å². The van der Waals surface area contributed by atoms with Gasteiger partial charge in [-0.05, 0) is 35.9 Å². The van der Waals surface area contributed by atoms with Crippen LogP contribution in [0.25, 0.3) is 0 Å². The Kier molecular flexibility index (Phi) is 6.18. The van der Waals surface area contributed by atoms with Crippen LogP contribution in [0.2, 0.25) is 5.02 Å². The van der Waals surface area contributed by atoms with E-state index in [1.807, 2.05) is 6.07 Å². The quantitative estimate of drug-likeness (QED) is 0.627. The Morgan fingerprint density at radius 2 is 1.78 bits per heavy atom. The molecular formula is C24H20ClFN4O2. The number of hydrogen-bond acceptors (Lipinski definition) is 3. The van der Waals surface area contributed by atoms with Crippen molar-refractivity contribution in [1.29, 1.82) is 0 Å². The lowest BCUT2D eigenvalue weighted by Crippen LogP contribution is -2.49. The molecule has 1 heterocycles. The summed E-state index contributed by atoms with van der Waals surface area (Å²) >= 11 is 5.97. The molecule has 1 unspecified atom stereocenters. The number of urea groups is 1. The normalized spacial score (nSPS) is 15.5. The Hall–Kier alpha value is -3.71. The van der Waals surface area contributed by atoms with E-state index in [0.29, 0.717) is 16.3 Å². The van der Waals surface area contributed by atoms with E-state index in [0.717, 1.165) is 5.56 Å². The first kappa shape index (κ1) is 21.5. The van der Waals surface area contributed by atoms with Gasteiger partial charge in [0.25, 0.3) is 5.91 Å². The minimum Gasteiger partial charge on any atom is -0.334 e. The largest absolute Gasteiger partial charge is 0.334 e. The zero-order chi connectivity index (χ0) is 22.7. The second-order valence-electron chi connectivity index (χ2n) is 7.23. The van der Waals surface area contributed by atoms with E-state index in [2.05, 4.69) is 15.6 Å². The molecule has 4 rings (SSSR count). The maximum absolute atomic E-state index is 14.6. The molecule has 3 aromatic rings. The predicted octanol–water partition coefficient (Wildman–Crippen LogP) is 4.12. The highest BCUT2D eigenvalue weighted by Crippen LogP contribution is 2.28. The SMILES string of the molecule is CN1C(=O)C(NC(=O)NCc2cccc(Cl)c2)N=C(c2ccccc2F)c2ccccc21. The van der Waals surface area contributed by atoms with Crippen molar-refractivity contribution in [3.63, 3.8) is 0 Å². The molecule has 3 amide bonds. The van der Waals surface area contributed by atoms with Crippen LogP contribution in [0, 0.1) is 5.82 Å². The van der Waals surface area contributed by atoms with Gasteiger partial charge in [0, 0.05) is 29.7 Å². The molecule has 1 atom stereocenters. The molecule has 2 N–H and O–H groups in total. The highest BCUT2D eigenvalue weighted by molar-refractivity contribution is 6.30. The lowest BCUT2D eigenvalue weighted by molar-refractivity contribution is -0.119. The van der Waals surface area contributed by atoms with Crippen molar-refractivity contribution in [3.05, 3.63) is 100 Å². The van der Waals surface area contributed by atoms with Crippen LogP contribution in [0.5, 0.6) is 0 Å². The molecule has 0 spiro atoms. The molecule has 0 fully saturated rings. The average Bonchev–Trinajstić information content (AvgIpc) is 2.89. The topological polar surface area (TPSA) is 73.8 Å². The molecule has 6 nitrogen and oxygen atoms in total. The lowest BCUT2D eigenvalue weighted by atomic mass is 10.00. The summed E-state index contributed by atoms with van der Waals surface area (Å²) in [7, 11) is 1.60. The Morgan fingerprint density at radius 1 is 1.06 bits per heavy atom. The number of fused-ring (bicyclic) bond motifs is 1. The molecule has 0 saturated heterocycles. The molecule has 162 valence electrons. The maximum atomic E-state index is 14.6. The monoisotopic (exact) mass is 450 g/mol. The van der Waals surface area contributed by atoms with Crippen molar-refractivity contribution in [1.82, 2.24) is 10.6 Å². The van der Waals surface area contributed by atoms with Gasteiger partial charge in [0.1, 0.15) is 5.82 Å². The third kappa shape index (κ3) is 4.48. The van der Waals surface area contributed by atoms with Crippen LogP contribution in [-0.2, 0) is 11.3 Å². The molecule has 0 saturated carbocycles. The molecule has 0 aromatic heterocycles. The first-order chi connectivity index (χ1) is 15.4. The van der Waals surface area contributed by atoms with Crippen LogP contribution in [0.15, 0.2) is 77.8 Å². The molecule has 0 bridgehead atoms. The van der Waals surface area contributed by atoms with Crippen LogP contribution in [0.4, 0.5) is 14.9 Å². The fraction of sp³-hybridized carbons (Fsp3) is 0.125. The number of carbonyl (C=O) groups excluding carboxylic acids is 2. The van der Waals surface area contributed by atoms with Crippen LogP contribution < -0.4 is 15.5 Å². The molecule has 1 aliphatic heterocycles. The third-order valence-electron chi connectivity index (χ3n) is 5.08. The molecule has 0 radical (unpaired) electrons. The number of benzene rings is 3. The van der Waals surface area contributed by atoms with Gasteiger partial charge < -0.3 is 15.5 Å². The van der Waals surface area contributed by atoms with E-state index in [1.165, 1.54) is 11.0 Å². The van der Waals surface area contributed by atoms with Crippen molar-refractivity contribution in [2.24, 2.45) is 4.99 Å². The summed E-state index contributed by atoms with van der Waals surface area (Å²) in [5.74, 6) is -0.913. The zero-order valence-corrected chi connectivity index (χ0v) is 17.9. The number of rotatable bonds is 4. The van der Waals surface area contributed by atoms with E-state index in [4.69, 9.17) is 11.6 Å². The van der Waals surface area contributed by atoms with Gasteiger partial charge in [-0.1, -0.05) is 54.1 Å². The van der Waals surface area contributed by atoms with Crippen LogP contribution in [-0.4, -0.2) is 30.9 Å². The fourth-order valence-corrected chi connectivity index (χ4v) is 3.70. The average molecular weight is 451 g/mol. The Morgan fingerprint density at radius 3 is 2.53 bits per heavy atom. The molecule has 32 heavy (non-hydrogen) atoms. The smallest absolute Gasteiger partial charge is 0.317 e. The van der Waals surface area contributed by atoms with Gasteiger partial charge in [-0.2, -0.15) is 0 Å². The van der Waals surface area contributed by atoms with Crippen LogP contribution >= 0.6 is 11.6 Å². The van der Waals surface area contributed by atoms with E-state index in [9.17, 15) is 14.0 Å². The number of aliphatic imine (C=N–C) groups is 1. The summed E-state index contributed by atoms with van der Waals surface area (Å²) in [5.41, 5.74) is 2.51. The second-order valence-corrected chi connectivity index (χ2v) is 7.67. The summed E-state index contributed by atoms with van der Waals surface area (Å²) in [6.45, 7) is 0.216. The first-order valence-corrected chi connectivity index (χ1v) is 10.3. The van der Waals surface area contributed by atoms with Crippen molar-refractivity contribution in [3.8, 4) is 0 Å². The van der Waals surface area contributed by atoms with Crippen molar-refractivity contribution in [2.45, 2.75) is 12.7 Å². The molecule has 1 aliphatic rings. The number of likely N-dealkylation sites (N-methyl/N-ethyl adjacent to an activating group) is 1. The number of nitrogens with one attached hydrogen (secondary N) is 2. The standard InChI is InChI=1S/C24H20ClFN4O2/c1-30-20-12-5-3-10-18(20)21(17-9-2-4-11-19(17)26)28-22(23(30)31)29-24(32)27-14-15-7-6-8-16(25)13-15/h2-13,22H,14H2,1H3,(H2,27,29,32). The molecule has 3 aromatic carbocycles. The van der Waals surface area contributed by atoms with E-state index < -0.39 is 23.9 Å². The molecule has 0 aliphatic carbocycles. The van der Waals surface area contributed by atoms with Gasteiger partial charge in [-0.25, -0.2) is 14.2 Å². The Labute approximate surface area is 189 Å². The summed E-state index contributed by atoms with van der Waals surface area (Å²) < 4.78 is 14.6. The highest BCUT2D eigenvalue weighted by atomic mass is 35.5. The van der Waals surface area contributed by atoms with Gasteiger partial charge in [0.2, 0.25) is 6.17 Å². The Bertz CT molecular complexity index is 1210. The molecule has 8 heteroatoms. The predicted molar refractivity (Wildman–Crippen MR) is 123 cm³/mol. The number of halogens is 2. The lowest BCUT2D eigenvalue weighted by Gasteiger charge is -2.21. The van der Waals surface area contributed by atoms with E-state index in [-0.39, 0.29) is 17.8 Å². The molecular weight excluding hydrogens is 431 g/mol. The summed E-state index contributed by atoms with van der Waals surface area (Å²) in [6.07, 6.45) is -1.23. The number of carbonyl (C=O) groups is 2. The van der Waals surface area contributed by atoms with Gasteiger partial charge in [-0.3, -0.25) is 4.79 Å². The van der Waals surface area contributed by atoms with E-state index >= 15 is 0 Å². The maximum Gasteiger partial charge on any atom is 0.317 e. The third-order valence-corrected chi connectivity index (χ3v) is 5.32. The van der Waals surface area contributed by atoms with Crippen LogP contribution in [0.1, 0.15) is 16.7 Å². The minimum absolute atomic E-state index is 0.216. The number of nitrogens with zero attached hydrogens (tertiary/aromatic N) is 2. The summed E-state index contributed by atoms with van der Waals surface area (Å²) in [5, 5.41) is 5.85. The van der Waals surface area contributed by atoms with Gasteiger partial charge in [0.15, 0.2) is 0 Å². The number of anilines is 1. The van der Waals surface area contributed by atoms with Crippen LogP contribution in [0.3, 0.4) is 0 Å². The number of benzodiazepines with no additional fused rings is 1.